The molecule has 3 aliphatic rings. The second-order valence-corrected chi connectivity index (χ2v) is 8.63. The molecule has 0 spiro atoms. The van der Waals surface area contributed by atoms with Crippen LogP contribution in [-0.2, 0) is 11.3 Å². The third-order valence-electron chi connectivity index (χ3n) is 6.01. The van der Waals surface area contributed by atoms with Gasteiger partial charge in [-0.3, -0.25) is 9.69 Å². The molecule has 1 saturated heterocycles. The second-order valence-electron chi connectivity index (χ2n) is 7.74. The molecule has 0 bridgehead atoms. The van der Waals surface area contributed by atoms with Crippen LogP contribution in [0.2, 0.25) is 0 Å². The molecule has 5 heteroatoms. The summed E-state index contributed by atoms with van der Waals surface area (Å²) in [4.78, 5) is 22.0. The van der Waals surface area contributed by atoms with Gasteiger partial charge in [0.25, 0.3) is 0 Å². The molecule has 2 saturated carbocycles. The van der Waals surface area contributed by atoms with E-state index < -0.39 is 0 Å². The first kappa shape index (κ1) is 16.5. The fourth-order valence-corrected chi connectivity index (χ4v) is 5.23. The molecule has 0 unspecified atom stereocenters. The fraction of sp³-hybridized carbons (Fsp3) is 0.789. The van der Waals surface area contributed by atoms with Crippen molar-refractivity contribution in [3.8, 4) is 0 Å². The van der Waals surface area contributed by atoms with Gasteiger partial charge in [-0.15, -0.1) is 11.3 Å². The summed E-state index contributed by atoms with van der Waals surface area (Å²) in [5.74, 6) is 1.48. The molecule has 3 fully saturated rings. The fourth-order valence-electron chi connectivity index (χ4n) is 4.25. The Balaban J connectivity index is 1.30. The summed E-state index contributed by atoms with van der Waals surface area (Å²) in [5.41, 5.74) is 1.24. The molecule has 132 valence electrons. The smallest absolute Gasteiger partial charge is 0.225 e. The summed E-state index contributed by atoms with van der Waals surface area (Å²) < 4.78 is 0. The number of thiazole rings is 1. The van der Waals surface area contributed by atoms with Gasteiger partial charge in [-0.05, 0) is 32.1 Å². The molecule has 1 aromatic heterocycles. The Morgan fingerprint density at radius 1 is 1.04 bits per heavy atom. The molecule has 0 aromatic carbocycles. The van der Waals surface area contributed by atoms with Gasteiger partial charge in [0.2, 0.25) is 5.91 Å². The first-order chi connectivity index (χ1) is 11.8. The van der Waals surface area contributed by atoms with Gasteiger partial charge in [-0.2, -0.15) is 0 Å². The maximum absolute atomic E-state index is 12.4. The van der Waals surface area contributed by atoms with E-state index in [9.17, 15) is 4.79 Å². The van der Waals surface area contributed by atoms with E-state index in [4.69, 9.17) is 4.98 Å². The second kappa shape index (κ2) is 7.52. The highest BCUT2D eigenvalue weighted by Crippen LogP contribution is 2.35. The van der Waals surface area contributed by atoms with E-state index in [0.717, 1.165) is 57.9 Å². The topological polar surface area (TPSA) is 36.4 Å². The molecule has 2 aliphatic carbocycles. The van der Waals surface area contributed by atoms with Crippen molar-refractivity contribution >= 4 is 17.2 Å². The van der Waals surface area contributed by atoms with Crippen LogP contribution in [0.5, 0.6) is 0 Å². The Bertz CT molecular complexity index is 563. The van der Waals surface area contributed by atoms with Crippen LogP contribution in [0.1, 0.15) is 68.0 Å². The lowest BCUT2D eigenvalue weighted by atomic mass is 9.84. The summed E-state index contributed by atoms with van der Waals surface area (Å²) in [6.07, 6.45) is 9.96. The number of hydrogen-bond donors (Lipinski definition) is 0. The highest BCUT2D eigenvalue weighted by molar-refractivity contribution is 7.09. The molecule has 1 aromatic rings. The first-order valence-corrected chi connectivity index (χ1v) is 10.6. The number of nitrogens with zero attached hydrogens (tertiary/aromatic N) is 3. The minimum atomic E-state index is 0.337. The van der Waals surface area contributed by atoms with Crippen molar-refractivity contribution in [2.75, 3.05) is 26.2 Å². The Kier molecular flexibility index (Phi) is 5.18. The Labute approximate surface area is 149 Å². The van der Waals surface area contributed by atoms with Gasteiger partial charge < -0.3 is 4.90 Å². The molecule has 0 N–H and O–H groups in total. The third kappa shape index (κ3) is 3.67. The third-order valence-corrected chi connectivity index (χ3v) is 7.07. The molecule has 0 radical (unpaired) electrons. The van der Waals surface area contributed by atoms with Gasteiger partial charge in [0.15, 0.2) is 0 Å². The highest BCUT2D eigenvalue weighted by atomic mass is 32.1. The number of amides is 1. The molecule has 1 aliphatic heterocycles. The highest BCUT2D eigenvalue weighted by Gasteiger charge is 2.30. The van der Waals surface area contributed by atoms with Crippen molar-refractivity contribution in [2.24, 2.45) is 5.92 Å². The molecule has 24 heavy (non-hydrogen) atoms. The van der Waals surface area contributed by atoms with E-state index in [1.54, 1.807) is 0 Å². The summed E-state index contributed by atoms with van der Waals surface area (Å²) >= 11 is 1.86. The molecule has 4 rings (SSSR count). The number of rotatable bonds is 4. The minimum Gasteiger partial charge on any atom is -0.341 e. The number of carbonyl (C=O) groups excluding carboxylic acids is 1. The SMILES string of the molecule is O=C(C1CCC1)N1CCCN(Cc2csc(C3CCCC3)n2)CC1. The molecular weight excluding hydrogens is 318 g/mol. The van der Waals surface area contributed by atoms with Crippen molar-refractivity contribution in [1.82, 2.24) is 14.8 Å². The number of hydrogen-bond acceptors (Lipinski definition) is 4. The lowest BCUT2D eigenvalue weighted by Gasteiger charge is -2.31. The van der Waals surface area contributed by atoms with Gasteiger partial charge in [0.1, 0.15) is 0 Å². The van der Waals surface area contributed by atoms with Crippen molar-refractivity contribution in [2.45, 2.75) is 63.8 Å². The van der Waals surface area contributed by atoms with Crippen LogP contribution < -0.4 is 0 Å². The van der Waals surface area contributed by atoms with Crippen LogP contribution in [0.3, 0.4) is 0 Å². The monoisotopic (exact) mass is 347 g/mol. The van der Waals surface area contributed by atoms with Crippen molar-refractivity contribution < 1.29 is 4.79 Å². The molecule has 1 amide bonds. The Morgan fingerprint density at radius 2 is 1.88 bits per heavy atom. The lowest BCUT2D eigenvalue weighted by molar-refractivity contribution is -0.138. The Hall–Kier alpha value is -0.940. The zero-order valence-electron chi connectivity index (χ0n) is 14.6. The predicted molar refractivity (Wildman–Crippen MR) is 97.1 cm³/mol. The minimum absolute atomic E-state index is 0.337. The van der Waals surface area contributed by atoms with E-state index in [2.05, 4.69) is 15.2 Å². The van der Waals surface area contributed by atoms with Crippen LogP contribution in [0, 0.1) is 5.92 Å². The molecule has 0 atom stereocenters. The molecule has 4 nitrogen and oxygen atoms in total. The zero-order valence-corrected chi connectivity index (χ0v) is 15.4. The number of aromatic nitrogens is 1. The molecular formula is C19H29N3OS. The van der Waals surface area contributed by atoms with Crippen LogP contribution in [-0.4, -0.2) is 46.9 Å². The average molecular weight is 348 g/mol. The maximum atomic E-state index is 12.4. The number of carbonyl (C=O) groups is 1. The summed E-state index contributed by atoms with van der Waals surface area (Å²) in [5, 5.41) is 3.62. The van der Waals surface area contributed by atoms with Crippen LogP contribution in [0.4, 0.5) is 0 Å². The normalized spacial score (nSPS) is 24.1. The maximum Gasteiger partial charge on any atom is 0.225 e. The largest absolute Gasteiger partial charge is 0.341 e. The van der Waals surface area contributed by atoms with Crippen LogP contribution >= 0.6 is 11.3 Å². The van der Waals surface area contributed by atoms with Crippen molar-refractivity contribution in [3.63, 3.8) is 0 Å². The summed E-state index contributed by atoms with van der Waals surface area (Å²) in [7, 11) is 0. The van der Waals surface area contributed by atoms with Gasteiger partial charge in [-0.25, -0.2) is 4.98 Å². The Morgan fingerprint density at radius 3 is 2.62 bits per heavy atom. The van der Waals surface area contributed by atoms with E-state index >= 15 is 0 Å². The zero-order chi connectivity index (χ0) is 16.4. The van der Waals surface area contributed by atoms with Crippen molar-refractivity contribution in [1.29, 1.82) is 0 Å². The standard InChI is InChI=1S/C19H29N3OS/c23-19(16-7-3-8-16)22-10-4-9-21(11-12-22)13-17-14-24-18(20-17)15-5-1-2-6-15/h14-16H,1-13H2. The van der Waals surface area contributed by atoms with Crippen molar-refractivity contribution in [3.05, 3.63) is 16.1 Å². The van der Waals surface area contributed by atoms with E-state index in [-0.39, 0.29) is 0 Å². The predicted octanol–water partition coefficient (Wildman–Crippen LogP) is 3.64. The van der Waals surface area contributed by atoms with Crippen LogP contribution in [0.15, 0.2) is 5.38 Å². The first-order valence-electron chi connectivity index (χ1n) is 9.75. The van der Waals surface area contributed by atoms with E-state index in [1.807, 2.05) is 11.3 Å². The van der Waals surface area contributed by atoms with Crippen LogP contribution in [0.25, 0.3) is 0 Å². The van der Waals surface area contributed by atoms with Gasteiger partial charge in [0, 0.05) is 49.9 Å². The van der Waals surface area contributed by atoms with E-state index in [0.29, 0.717) is 11.8 Å². The van der Waals surface area contributed by atoms with Gasteiger partial charge in [0.05, 0.1) is 10.7 Å². The summed E-state index contributed by atoms with van der Waals surface area (Å²) in [6, 6.07) is 0. The van der Waals surface area contributed by atoms with E-state index in [1.165, 1.54) is 42.8 Å². The van der Waals surface area contributed by atoms with Gasteiger partial charge >= 0.3 is 0 Å². The summed E-state index contributed by atoms with van der Waals surface area (Å²) in [6.45, 7) is 4.87. The lowest BCUT2D eigenvalue weighted by Crippen LogP contribution is -2.41. The quantitative estimate of drug-likeness (QED) is 0.834. The van der Waals surface area contributed by atoms with Gasteiger partial charge in [-0.1, -0.05) is 19.3 Å². The average Bonchev–Trinajstić information content (AvgIpc) is 3.14. The molecule has 2 heterocycles.